The highest BCUT2D eigenvalue weighted by Crippen LogP contribution is 2.48. The summed E-state index contributed by atoms with van der Waals surface area (Å²) < 4.78 is 37.0. The molecule has 0 bridgehead atoms. The molecule has 2 saturated carbocycles. The second-order valence-corrected chi connectivity index (χ2v) is 15.2. The second-order valence-electron chi connectivity index (χ2n) is 12.9. The molecule has 0 aromatic heterocycles. The lowest BCUT2D eigenvalue weighted by atomic mass is 9.65. The summed E-state index contributed by atoms with van der Waals surface area (Å²) in [6.07, 6.45) is 7.97. The number of carboxylic acid groups (broad SMARTS) is 1. The summed E-state index contributed by atoms with van der Waals surface area (Å²) in [5.41, 5.74) is 3.35. The summed E-state index contributed by atoms with van der Waals surface area (Å²) in [6.45, 7) is 1.98. The van der Waals surface area contributed by atoms with Gasteiger partial charge in [-0.15, -0.1) is 0 Å². The average Bonchev–Trinajstić information content (AvgIpc) is 3.10. The number of nitrogens with zero attached hydrogens (tertiary/aromatic N) is 1. The number of rotatable bonds is 7. The van der Waals surface area contributed by atoms with Crippen LogP contribution in [0.2, 0.25) is 5.02 Å². The first-order valence-corrected chi connectivity index (χ1v) is 17.1. The number of aryl methyl sites for hydroxylation is 1. The first-order valence-electron chi connectivity index (χ1n) is 15.2. The molecule has 8 nitrogen and oxygen atoms in total. The number of carbonyl (C=O) groups is 1. The maximum absolute atomic E-state index is 12.2. The van der Waals surface area contributed by atoms with Crippen molar-refractivity contribution in [3.63, 3.8) is 0 Å². The summed E-state index contributed by atoms with van der Waals surface area (Å²) in [4.78, 5) is 14.3. The van der Waals surface area contributed by atoms with E-state index in [0.717, 1.165) is 68.7 Å². The molecule has 0 saturated heterocycles. The third-order valence-electron chi connectivity index (χ3n) is 10.5. The lowest BCUT2D eigenvalue weighted by Gasteiger charge is -2.48. The molecular formula is C32H41ClN2O6S. The van der Waals surface area contributed by atoms with E-state index in [1.807, 2.05) is 6.07 Å². The van der Waals surface area contributed by atoms with Crippen molar-refractivity contribution in [2.24, 2.45) is 22.9 Å². The largest absolute Gasteiger partial charge is 0.490 e. The van der Waals surface area contributed by atoms with Crippen molar-refractivity contribution in [1.29, 1.82) is 0 Å². The van der Waals surface area contributed by atoms with E-state index in [0.29, 0.717) is 37.0 Å². The van der Waals surface area contributed by atoms with E-state index >= 15 is 0 Å². The van der Waals surface area contributed by atoms with E-state index in [1.165, 1.54) is 11.1 Å². The number of halogens is 1. The van der Waals surface area contributed by atoms with Crippen molar-refractivity contribution in [1.82, 2.24) is 0 Å². The number of fused-ring (bicyclic) bond motifs is 3. The van der Waals surface area contributed by atoms with Crippen LogP contribution in [0.5, 0.6) is 5.75 Å². The summed E-state index contributed by atoms with van der Waals surface area (Å²) in [5, 5.41) is 15.6. The highest BCUT2D eigenvalue weighted by Gasteiger charge is 2.46. The normalized spacial score (nSPS) is 29.9. The molecule has 3 N–H and O–H groups in total. The van der Waals surface area contributed by atoms with Crippen molar-refractivity contribution in [3.05, 3.63) is 58.1 Å². The van der Waals surface area contributed by atoms with Crippen molar-refractivity contribution in [3.8, 4) is 5.75 Å². The summed E-state index contributed by atoms with van der Waals surface area (Å²) in [7, 11) is -1.83. The second kappa shape index (κ2) is 11.6. The lowest BCUT2D eigenvalue weighted by molar-refractivity contribution is -0.0588. The monoisotopic (exact) mass is 616 g/mol. The average molecular weight is 617 g/mol. The van der Waals surface area contributed by atoms with Crippen LogP contribution in [0.15, 0.2) is 36.4 Å². The molecule has 10 heteroatoms. The summed E-state index contributed by atoms with van der Waals surface area (Å²) in [6, 6.07) is 11.3. The van der Waals surface area contributed by atoms with Crippen molar-refractivity contribution >= 4 is 33.3 Å². The van der Waals surface area contributed by atoms with E-state index in [-0.39, 0.29) is 23.0 Å². The van der Waals surface area contributed by atoms with E-state index in [9.17, 15) is 18.3 Å². The fourth-order valence-corrected chi connectivity index (χ4v) is 9.48. The Morgan fingerprint density at radius 2 is 2.02 bits per heavy atom. The molecule has 0 amide bonds. The zero-order valence-corrected chi connectivity index (χ0v) is 25.7. The van der Waals surface area contributed by atoms with Gasteiger partial charge in [0.2, 0.25) is 10.0 Å². The number of anilines is 1. The number of primary sulfonamides is 1. The molecule has 1 spiro atoms. The Morgan fingerprint density at radius 1 is 1.19 bits per heavy atom. The minimum absolute atomic E-state index is 0.0344. The van der Waals surface area contributed by atoms with Crippen LogP contribution in [-0.2, 0) is 26.6 Å². The van der Waals surface area contributed by atoms with Gasteiger partial charge in [0.1, 0.15) is 5.75 Å². The highest BCUT2D eigenvalue weighted by atomic mass is 35.5. The summed E-state index contributed by atoms with van der Waals surface area (Å²) in [5.74, 6) is 0.523. The predicted octanol–water partition coefficient (Wildman–Crippen LogP) is 5.40. The number of nitrogens with two attached hydrogens (primary N) is 1. The van der Waals surface area contributed by atoms with Crippen molar-refractivity contribution in [2.45, 2.75) is 74.6 Å². The number of methoxy groups -OCH3 is 1. The molecule has 2 aromatic carbocycles. The van der Waals surface area contributed by atoms with Crippen LogP contribution in [0, 0.1) is 17.8 Å². The van der Waals surface area contributed by atoms with Gasteiger partial charge >= 0.3 is 5.97 Å². The van der Waals surface area contributed by atoms with Crippen LogP contribution in [0.4, 0.5) is 5.69 Å². The van der Waals surface area contributed by atoms with Gasteiger partial charge in [-0.2, -0.15) is 0 Å². The Morgan fingerprint density at radius 3 is 2.74 bits per heavy atom. The van der Waals surface area contributed by atoms with Crippen LogP contribution < -0.4 is 14.8 Å². The molecule has 6 atom stereocenters. The molecule has 2 fully saturated rings. The number of ether oxygens (including phenoxy) is 2. The Kier molecular flexibility index (Phi) is 8.24. The fraction of sp³-hybridized carbons (Fsp3) is 0.594. The zero-order valence-electron chi connectivity index (χ0n) is 24.1. The van der Waals surface area contributed by atoms with Crippen LogP contribution in [-0.4, -0.2) is 57.7 Å². The standard InChI is InChI=1S/C32H41ClN2O6S/c1-40-30(21-4-2-6-25(15-21)42(34,38)39)26-10-7-23(26)17-35-18-32(13-3-5-20-14-24(33)9-11-27(20)32)19-41-29-12-8-22(31(36)37)16-28(29)35/h8-9,11-12,14,16,21,23,25-26,30H,2-7,10,13,15,17-19H2,1H3,(H,36,37)(H2,34,38,39)/t21-,23-,25+,26+,30?,32-/m0/s1. The molecule has 0 radical (unpaired) electrons. The van der Waals surface area contributed by atoms with Gasteiger partial charge in [-0.25, -0.2) is 18.4 Å². The van der Waals surface area contributed by atoms with Crippen molar-refractivity contribution < 1.29 is 27.8 Å². The minimum Gasteiger partial charge on any atom is -0.490 e. The Bertz CT molecular complexity index is 1450. The SMILES string of the molecule is COC([C@H]1CCC[C@@H](S(N)(=O)=O)C1)[C@@H]1CC[C@H]1CN1C[C@@]2(CCCc3cc(Cl)ccc32)COc2ccc(C(=O)O)cc21. The highest BCUT2D eigenvalue weighted by molar-refractivity contribution is 7.89. The summed E-state index contributed by atoms with van der Waals surface area (Å²) >= 11 is 6.39. The van der Waals surface area contributed by atoms with Crippen LogP contribution in [0.3, 0.4) is 0 Å². The topological polar surface area (TPSA) is 119 Å². The number of benzene rings is 2. The minimum atomic E-state index is -3.58. The van der Waals surface area contributed by atoms with E-state index < -0.39 is 21.2 Å². The predicted molar refractivity (Wildman–Crippen MR) is 163 cm³/mol. The first kappa shape index (κ1) is 29.7. The molecule has 6 rings (SSSR count). The molecule has 42 heavy (non-hydrogen) atoms. The van der Waals surface area contributed by atoms with Gasteiger partial charge in [0.25, 0.3) is 0 Å². The fourth-order valence-electron chi connectivity index (χ4n) is 8.28. The molecular weight excluding hydrogens is 576 g/mol. The molecule has 3 aliphatic carbocycles. The van der Waals surface area contributed by atoms with Gasteiger partial charge in [0.15, 0.2) is 0 Å². The number of hydrogen-bond donors (Lipinski definition) is 2. The lowest BCUT2D eigenvalue weighted by Crippen LogP contribution is -2.51. The van der Waals surface area contributed by atoms with E-state index in [4.69, 9.17) is 26.2 Å². The van der Waals surface area contributed by atoms with E-state index in [2.05, 4.69) is 17.0 Å². The molecule has 2 aromatic rings. The quantitative estimate of drug-likeness (QED) is 0.427. The maximum atomic E-state index is 12.2. The molecule has 228 valence electrons. The van der Waals surface area contributed by atoms with Gasteiger partial charge < -0.3 is 19.5 Å². The van der Waals surface area contributed by atoms with Gasteiger partial charge in [-0.05, 0) is 111 Å². The van der Waals surface area contributed by atoms with Crippen LogP contribution in [0.25, 0.3) is 0 Å². The molecule has 1 unspecified atom stereocenters. The van der Waals surface area contributed by atoms with Crippen molar-refractivity contribution in [2.75, 3.05) is 31.7 Å². The molecule has 1 heterocycles. The number of carboxylic acids is 1. The van der Waals surface area contributed by atoms with Gasteiger partial charge in [-0.1, -0.05) is 24.1 Å². The third kappa shape index (κ3) is 5.65. The Balaban J connectivity index is 1.31. The van der Waals surface area contributed by atoms with Gasteiger partial charge in [0.05, 0.1) is 29.2 Å². The maximum Gasteiger partial charge on any atom is 0.335 e. The number of sulfonamides is 1. The number of hydrogen-bond acceptors (Lipinski definition) is 6. The first-order chi connectivity index (χ1) is 20.1. The smallest absolute Gasteiger partial charge is 0.335 e. The molecule has 1 aliphatic heterocycles. The number of aromatic carboxylic acids is 1. The van der Waals surface area contributed by atoms with Gasteiger partial charge in [-0.3, -0.25) is 0 Å². The Labute approximate surface area is 253 Å². The van der Waals surface area contributed by atoms with Crippen LogP contribution >= 0.6 is 11.6 Å². The zero-order chi connectivity index (χ0) is 29.6. The van der Waals surface area contributed by atoms with E-state index in [1.54, 1.807) is 25.3 Å². The van der Waals surface area contributed by atoms with Crippen LogP contribution in [0.1, 0.15) is 72.9 Å². The van der Waals surface area contributed by atoms with Gasteiger partial charge in [0, 0.05) is 30.6 Å². The molecule has 4 aliphatic rings. The Hall–Kier alpha value is -2.33. The third-order valence-corrected chi connectivity index (χ3v) is 12.1.